The lowest BCUT2D eigenvalue weighted by Gasteiger charge is -2.18. The minimum atomic E-state index is -3.59. The van der Waals surface area contributed by atoms with Crippen LogP contribution in [0.3, 0.4) is 0 Å². The van der Waals surface area contributed by atoms with Crippen LogP contribution in [-0.4, -0.2) is 54.7 Å². The van der Waals surface area contributed by atoms with Gasteiger partial charge in [-0.3, -0.25) is 4.79 Å². The molecule has 1 heterocycles. The fraction of sp³-hybridized carbons (Fsp3) is 0.286. The number of thioether (sulfide) groups is 1. The molecule has 0 bridgehead atoms. The number of benzene rings is 2. The Bertz CT molecular complexity index is 1130. The van der Waals surface area contributed by atoms with Gasteiger partial charge in [-0.05, 0) is 30.3 Å². The topological polar surface area (TPSA) is 96.6 Å². The highest BCUT2D eigenvalue weighted by molar-refractivity contribution is 7.99. The molecule has 0 aliphatic rings. The molecule has 2 aromatic carbocycles. The Balaban J connectivity index is 1.71. The van der Waals surface area contributed by atoms with E-state index in [-0.39, 0.29) is 27.7 Å². The summed E-state index contributed by atoms with van der Waals surface area (Å²) in [5, 5.41) is 8.21. The second-order valence-corrected chi connectivity index (χ2v) is 9.43. The van der Waals surface area contributed by atoms with Crippen molar-refractivity contribution >= 4 is 33.4 Å². The number of hydrogen-bond donors (Lipinski definition) is 0. The highest BCUT2D eigenvalue weighted by Crippen LogP contribution is 2.26. The number of carbonyl (C=O) groups is 1. The summed E-state index contributed by atoms with van der Waals surface area (Å²) in [5.74, 6) is 0.217. The van der Waals surface area contributed by atoms with E-state index in [9.17, 15) is 13.2 Å². The van der Waals surface area contributed by atoms with E-state index in [4.69, 9.17) is 4.42 Å². The molecule has 1 aromatic heterocycles. The Morgan fingerprint density at radius 2 is 1.74 bits per heavy atom. The molecule has 0 aliphatic heterocycles. The quantitative estimate of drug-likeness (QED) is 0.451. The summed E-state index contributed by atoms with van der Waals surface area (Å²) in [5.41, 5.74) is 1.30. The lowest BCUT2D eigenvalue weighted by atomic mass is 10.2. The Morgan fingerprint density at radius 1 is 1.03 bits per heavy atom. The van der Waals surface area contributed by atoms with Gasteiger partial charge in [-0.2, -0.15) is 4.31 Å². The van der Waals surface area contributed by atoms with Crippen molar-refractivity contribution in [3.63, 3.8) is 0 Å². The van der Waals surface area contributed by atoms with Crippen LogP contribution in [0.1, 0.15) is 13.8 Å². The van der Waals surface area contributed by atoms with Crippen molar-refractivity contribution in [2.24, 2.45) is 0 Å². The van der Waals surface area contributed by atoms with Gasteiger partial charge < -0.3 is 9.32 Å². The molecule has 8 nitrogen and oxygen atoms in total. The Kier molecular flexibility index (Phi) is 7.47. The molecule has 10 heteroatoms. The number of sulfonamides is 1. The highest BCUT2D eigenvalue weighted by atomic mass is 32.2. The molecular weight excluding hydrogens is 436 g/mol. The number of hydrogen-bond acceptors (Lipinski definition) is 7. The van der Waals surface area contributed by atoms with Crippen LogP contribution in [0, 0.1) is 0 Å². The van der Waals surface area contributed by atoms with Crippen LogP contribution in [0.5, 0.6) is 0 Å². The van der Waals surface area contributed by atoms with E-state index in [1.54, 1.807) is 44.0 Å². The Morgan fingerprint density at radius 3 is 2.42 bits per heavy atom. The number of carbonyl (C=O) groups excluding carboxylic acids is 1. The minimum absolute atomic E-state index is 0.108. The van der Waals surface area contributed by atoms with E-state index in [0.29, 0.717) is 18.7 Å². The number of nitrogens with zero attached hydrogens (tertiary/aromatic N) is 4. The molecule has 0 N–H and O–H groups in total. The number of amides is 1. The summed E-state index contributed by atoms with van der Waals surface area (Å²) < 4.78 is 32.5. The second-order valence-electron chi connectivity index (χ2n) is 6.57. The van der Waals surface area contributed by atoms with Crippen molar-refractivity contribution in [3.8, 4) is 11.5 Å². The first-order valence-corrected chi connectivity index (χ1v) is 12.2. The summed E-state index contributed by atoms with van der Waals surface area (Å²) in [4.78, 5) is 14.1. The van der Waals surface area contributed by atoms with Crippen LogP contribution >= 0.6 is 11.8 Å². The van der Waals surface area contributed by atoms with Gasteiger partial charge in [0, 0.05) is 31.4 Å². The first-order valence-electron chi connectivity index (χ1n) is 9.75. The van der Waals surface area contributed by atoms with Gasteiger partial charge >= 0.3 is 0 Å². The molecule has 3 rings (SSSR count). The summed E-state index contributed by atoms with van der Waals surface area (Å²) in [6.07, 6.45) is 0. The summed E-state index contributed by atoms with van der Waals surface area (Å²) in [6.45, 7) is 4.36. The molecule has 0 spiro atoms. The van der Waals surface area contributed by atoms with Gasteiger partial charge in [0.05, 0.1) is 10.6 Å². The number of rotatable bonds is 9. The van der Waals surface area contributed by atoms with Crippen LogP contribution in [0.2, 0.25) is 0 Å². The molecule has 0 saturated heterocycles. The van der Waals surface area contributed by atoms with Crippen molar-refractivity contribution in [1.29, 1.82) is 0 Å². The summed E-state index contributed by atoms with van der Waals surface area (Å²) in [7, 11) is -1.89. The van der Waals surface area contributed by atoms with Gasteiger partial charge in [0.25, 0.3) is 5.22 Å². The lowest BCUT2D eigenvalue weighted by Crippen LogP contribution is -2.30. The molecule has 1 amide bonds. The average molecular weight is 461 g/mol. The third-order valence-corrected chi connectivity index (χ3v) is 7.52. The zero-order valence-corrected chi connectivity index (χ0v) is 19.2. The summed E-state index contributed by atoms with van der Waals surface area (Å²) >= 11 is 1.13. The third-order valence-electron chi connectivity index (χ3n) is 4.67. The van der Waals surface area contributed by atoms with E-state index in [1.165, 1.54) is 10.4 Å². The summed E-state index contributed by atoms with van der Waals surface area (Å²) in [6, 6.07) is 15.7. The molecule has 0 radical (unpaired) electrons. The largest absolute Gasteiger partial charge is 0.411 e. The normalized spacial score (nSPS) is 11.6. The van der Waals surface area contributed by atoms with Crippen molar-refractivity contribution in [2.45, 2.75) is 24.0 Å². The van der Waals surface area contributed by atoms with E-state index >= 15 is 0 Å². The predicted molar refractivity (Wildman–Crippen MR) is 120 cm³/mol. The molecular formula is C21H24N4O4S2. The molecule has 0 saturated carbocycles. The molecule has 164 valence electrons. The average Bonchev–Trinajstić information content (AvgIpc) is 3.27. The predicted octanol–water partition coefficient (Wildman–Crippen LogP) is 3.52. The van der Waals surface area contributed by atoms with Gasteiger partial charge in [-0.25, -0.2) is 8.42 Å². The number of anilines is 1. The van der Waals surface area contributed by atoms with Crippen molar-refractivity contribution < 1.29 is 17.6 Å². The van der Waals surface area contributed by atoms with Crippen LogP contribution in [0.15, 0.2) is 69.1 Å². The SMILES string of the molecule is CCN(CC)S(=O)(=O)c1cccc(-c2nnc(SCC(=O)N(C)c3ccccc3)o2)c1. The van der Waals surface area contributed by atoms with Crippen molar-refractivity contribution in [2.75, 3.05) is 30.8 Å². The van der Waals surface area contributed by atoms with Crippen LogP contribution in [0.25, 0.3) is 11.5 Å². The first kappa shape index (κ1) is 23.0. The maximum absolute atomic E-state index is 12.8. The molecule has 0 aliphatic carbocycles. The highest BCUT2D eigenvalue weighted by Gasteiger charge is 2.23. The fourth-order valence-corrected chi connectivity index (χ4v) is 5.08. The van der Waals surface area contributed by atoms with Crippen molar-refractivity contribution in [1.82, 2.24) is 14.5 Å². The maximum atomic E-state index is 12.8. The second kappa shape index (κ2) is 10.1. The smallest absolute Gasteiger partial charge is 0.277 e. The third kappa shape index (κ3) is 5.33. The van der Waals surface area contributed by atoms with Gasteiger partial charge in [0.15, 0.2) is 0 Å². The van der Waals surface area contributed by atoms with E-state index in [2.05, 4.69) is 10.2 Å². The van der Waals surface area contributed by atoms with E-state index < -0.39 is 10.0 Å². The maximum Gasteiger partial charge on any atom is 0.277 e. The molecule has 3 aromatic rings. The van der Waals surface area contributed by atoms with E-state index in [0.717, 1.165) is 17.4 Å². The molecule has 0 atom stereocenters. The van der Waals surface area contributed by atoms with Gasteiger partial charge in [-0.1, -0.05) is 49.9 Å². The molecule has 0 unspecified atom stereocenters. The molecule has 0 fully saturated rings. The molecule has 31 heavy (non-hydrogen) atoms. The van der Waals surface area contributed by atoms with Gasteiger partial charge in [0.1, 0.15) is 0 Å². The van der Waals surface area contributed by atoms with Gasteiger partial charge in [0.2, 0.25) is 21.8 Å². The Labute approximate surface area is 186 Å². The van der Waals surface area contributed by atoms with Crippen molar-refractivity contribution in [3.05, 3.63) is 54.6 Å². The van der Waals surface area contributed by atoms with Crippen LogP contribution in [0.4, 0.5) is 5.69 Å². The van der Waals surface area contributed by atoms with E-state index in [1.807, 2.05) is 30.3 Å². The van der Waals surface area contributed by atoms with Gasteiger partial charge in [-0.15, -0.1) is 10.2 Å². The minimum Gasteiger partial charge on any atom is -0.411 e. The number of aromatic nitrogens is 2. The zero-order chi connectivity index (χ0) is 22.4. The standard InChI is InChI=1S/C21H24N4O4S2/c1-4-25(5-2)31(27,28)18-13-9-10-16(14-18)20-22-23-21(29-20)30-15-19(26)24(3)17-11-7-6-8-12-17/h6-14H,4-5,15H2,1-3H3. The first-order chi connectivity index (χ1) is 14.9. The zero-order valence-electron chi connectivity index (χ0n) is 17.6. The lowest BCUT2D eigenvalue weighted by molar-refractivity contribution is -0.115. The van der Waals surface area contributed by atoms with Crippen LogP contribution in [-0.2, 0) is 14.8 Å². The monoisotopic (exact) mass is 460 g/mol. The Hall–Kier alpha value is -2.69. The number of para-hydroxylation sites is 1. The van der Waals surface area contributed by atoms with Crippen LogP contribution < -0.4 is 4.90 Å². The fourth-order valence-electron chi connectivity index (χ4n) is 2.90.